The van der Waals surface area contributed by atoms with E-state index in [0.29, 0.717) is 10.8 Å². The average molecular weight is 249 g/mol. The molecule has 0 unspecified atom stereocenters. The zero-order valence-electron chi connectivity index (χ0n) is 9.10. The van der Waals surface area contributed by atoms with Gasteiger partial charge in [-0.1, -0.05) is 12.1 Å². The molecule has 3 N–H and O–H groups in total. The van der Waals surface area contributed by atoms with E-state index in [1.165, 1.54) is 17.4 Å². The Balaban J connectivity index is 2.01. The molecule has 6 heteroatoms. The lowest BCUT2D eigenvalue weighted by Gasteiger charge is -2.06. The van der Waals surface area contributed by atoms with Crippen LogP contribution in [0.15, 0.2) is 29.6 Å². The molecule has 88 valence electrons. The summed E-state index contributed by atoms with van der Waals surface area (Å²) in [5.41, 5.74) is 1.21. The summed E-state index contributed by atoms with van der Waals surface area (Å²) in [4.78, 5) is 15.7. The third kappa shape index (κ3) is 2.94. The van der Waals surface area contributed by atoms with Gasteiger partial charge in [-0.2, -0.15) is 0 Å². The molecule has 5 nitrogen and oxygen atoms in total. The van der Waals surface area contributed by atoms with Crippen molar-refractivity contribution in [1.82, 2.24) is 4.98 Å². The number of aromatic nitrogens is 1. The minimum absolute atomic E-state index is 0.0259. The second kappa shape index (κ2) is 4.84. The molecule has 0 saturated carbocycles. The molecule has 2 rings (SSSR count). The van der Waals surface area contributed by atoms with Crippen LogP contribution >= 0.6 is 11.3 Å². The fourth-order valence-corrected chi connectivity index (χ4v) is 1.92. The summed E-state index contributed by atoms with van der Waals surface area (Å²) in [6.45, 7) is 1.85. The number of nitrogens with zero attached hydrogens (tertiary/aromatic N) is 1. The van der Waals surface area contributed by atoms with Crippen LogP contribution in [0.5, 0.6) is 5.75 Å². The highest BCUT2D eigenvalue weighted by Gasteiger charge is 2.07. The Hall–Kier alpha value is -2.08. The quantitative estimate of drug-likeness (QED) is 0.716. The molecule has 0 fully saturated rings. The van der Waals surface area contributed by atoms with Crippen LogP contribution < -0.4 is 10.6 Å². The number of rotatable bonds is 2. The standard InChI is InChI=1S/C11H11N3O2S/c1-7-6-17-11(12-7)14-10(16)13-8-4-2-3-5-9(8)15/h2-6,15H,1H3,(H2,12,13,14,16). The van der Waals surface area contributed by atoms with Gasteiger partial charge >= 0.3 is 6.03 Å². The SMILES string of the molecule is Cc1csc(NC(=O)Nc2ccccc2O)n1. The minimum Gasteiger partial charge on any atom is -0.506 e. The molecule has 0 aliphatic rings. The number of amides is 2. The van der Waals surface area contributed by atoms with E-state index in [1.54, 1.807) is 18.2 Å². The normalized spacial score (nSPS) is 9.94. The second-order valence-corrected chi connectivity index (χ2v) is 4.25. The van der Waals surface area contributed by atoms with Crippen LogP contribution in [0.2, 0.25) is 0 Å². The van der Waals surface area contributed by atoms with E-state index in [2.05, 4.69) is 15.6 Å². The van der Waals surface area contributed by atoms with Gasteiger partial charge in [0.1, 0.15) is 5.75 Å². The maximum Gasteiger partial charge on any atom is 0.325 e. The van der Waals surface area contributed by atoms with Gasteiger partial charge in [-0.05, 0) is 19.1 Å². The Kier molecular flexibility index (Phi) is 3.24. The number of phenols is 1. The van der Waals surface area contributed by atoms with Crippen molar-refractivity contribution >= 4 is 28.2 Å². The number of urea groups is 1. The summed E-state index contributed by atoms with van der Waals surface area (Å²) >= 11 is 1.35. The van der Waals surface area contributed by atoms with Gasteiger partial charge in [0.2, 0.25) is 0 Å². The van der Waals surface area contributed by atoms with Crippen molar-refractivity contribution in [3.8, 4) is 5.75 Å². The smallest absolute Gasteiger partial charge is 0.325 e. The van der Waals surface area contributed by atoms with Gasteiger partial charge in [0.05, 0.1) is 11.4 Å². The first-order valence-corrected chi connectivity index (χ1v) is 5.81. The first-order valence-electron chi connectivity index (χ1n) is 4.93. The number of anilines is 2. The van der Waals surface area contributed by atoms with Crippen molar-refractivity contribution in [1.29, 1.82) is 0 Å². The molecule has 0 aliphatic carbocycles. The van der Waals surface area contributed by atoms with Crippen molar-refractivity contribution < 1.29 is 9.90 Å². The van der Waals surface area contributed by atoms with Crippen molar-refractivity contribution in [2.45, 2.75) is 6.92 Å². The molecule has 0 bridgehead atoms. The summed E-state index contributed by atoms with van der Waals surface area (Å²) in [5.74, 6) is 0.0259. The molecule has 0 spiro atoms. The number of carbonyl (C=O) groups excluding carboxylic acids is 1. The lowest BCUT2D eigenvalue weighted by molar-refractivity contribution is 0.262. The van der Waals surface area contributed by atoms with E-state index in [1.807, 2.05) is 12.3 Å². The highest BCUT2D eigenvalue weighted by molar-refractivity contribution is 7.13. The number of aryl methyl sites for hydroxylation is 1. The first-order chi connectivity index (χ1) is 8.15. The Morgan fingerprint density at radius 1 is 1.35 bits per heavy atom. The molecular weight excluding hydrogens is 238 g/mol. The summed E-state index contributed by atoms with van der Waals surface area (Å²) < 4.78 is 0. The third-order valence-corrected chi connectivity index (χ3v) is 2.87. The van der Waals surface area contributed by atoms with E-state index in [-0.39, 0.29) is 5.75 Å². The van der Waals surface area contributed by atoms with Gasteiger partial charge in [0.25, 0.3) is 0 Å². The average Bonchev–Trinajstić information content (AvgIpc) is 2.67. The van der Waals surface area contributed by atoms with Gasteiger partial charge in [0.15, 0.2) is 5.13 Å². The lowest BCUT2D eigenvalue weighted by atomic mass is 10.3. The maximum absolute atomic E-state index is 11.6. The zero-order chi connectivity index (χ0) is 12.3. The number of carbonyl (C=O) groups is 1. The number of phenolic OH excluding ortho intramolecular Hbond substituents is 1. The highest BCUT2D eigenvalue weighted by Crippen LogP contribution is 2.22. The number of hydrogen-bond donors (Lipinski definition) is 3. The van der Waals surface area contributed by atoms with E-state index >= 15 is 0 Å². The van der Waals surface area contributed by atoms with Crippen LogP contribution in [-0.4, -0.2) is 16.1 Å². The molecule has 2 aromatic rings. The van der Waals surface area contributed by atoms with Crippen molar-refractivity contribution in [3.05, 3.63) is 35.3 Å². The van der Waals surface area contributed by atoms with Gasteiger partial charge in [-0.3, -0.25) is 5.32 Å². The van der Waals surface area contributed by atoms with Crippen LogP contribution in [0.3, 0.4) is 0 Å². The highest BCUT2D eigenvalue weighted by atomic mass is 32.1. The van der Waals surface area contributed by atoms with Crippen LogP contribution in [0, 0.1) is 6.92 Å². The zero-order valence-corrected chi connectivity index (χ0v) is 9.91. The lowest BCUT2D eigenvalue weighted by Crippen LogP contribution is -2.19. The van der Waals surface area contributed by atoms with Gasteiger partial charge < -0.3 is 10.4 Å². The number of nitrogens with one attached hydrogen (secondary N) is 2. The van der Waals surface area contributed by atoms with E-state index in [0.717, 1.165) is 5.69 Å². The molecule has 0 saturated heterocycles. The molecule has 1 aromatic heterocycles. The topological polar surface area (TPSA) is 74.2 Å². The molecule has 1 heterocycles. The molecule has 1 aromatic carbocycles. The van der Waals surface area contributed by atoms with Crippen LogP contribution in [0.25, 0.3) is 0 Å². The second-order valence-electron chi connectivity index (χ2n) is 3.39. The molecule has 17 heavy (non-hydrogen) atoms. The monoisotopic (exact) mass is 249 g/mol. The molecule has 0 atom stereocenters. The molecular formula is C11H11N3O2S. The van der Waals surface area contributed by atoms with E-state index < -0.39 is 6.03 Å². The Labute approximate surface area is 102 Å². The summed E-state index contributed by atoms with van der Waals surface area (Å²) in [6, 6.07) is 6.09. The maximum atomic E-state index is 11.6. The van der Waals surface area contributed by atoms with E-state index in [9.17, 15) is 9.90 Å². The summed E-state index contributed by atoms with van der Waals surface area (Å²) in [7, 11) is 0. The Morgan fingerprint density at radius 2 is 2.12 bits per heavy atom. The number of para-hydroxylation sites is 2. The largest absolute Gasteiger partial charge is 0.506 e. The molecule has 0 radical (unpaired) electrons. The van der Waals surface area contributed by atoms with Crippen LogP contribution in [0.1, 0.15) is 5.69 Å². The van der Waals surface area contributed by atoms with Crippen molar-refractivity contribution in [2.75, 3.05) is 10.6 Å². The fraction of sp³-hybridized carbons (Fsp3) is 0.0909. The number of benzene rings is 1. The van der Waals surface area contributed by atoms with Crippen molar-refractivity contribution in [2.24, 2.45) is 0 Å². The van der Waals surface area contributed by atoms with E-state index in [4.69, 9.17) is 0 Å². The molecule has 2 amide bonds. The minimum atomic E-state index is -0.430. The van der Waals surface area contributed by atoms with Crippen LogP contribution in [0.4, 0.5) is 15.6 Å². The van der Waals surface area contributed by atoms with Gasteiger partial charge in [-0.25, -0.2) is 9.78 Å². The van der Waals surface area contributed by atoms with Crippen LogP contribution in [-0.2, 0) is 0 Å². The molecule has 0 aliphatic heterocycles. The van der Waals surface area contributed by atoms with Crippen molar-refractivity contribution in [3.63, 3.8) is 0 Å². The third-order valence-electron chi connectivity index (χ3n) is 1.99. The first kappa shape index (κ1) is 11.4. The fourth-order valence-electron chi connectivity index (χ4n) is 1.24. The van der Waals surface area contributed by atoms with Gasteiger partial charge in [0, 0.05) is 5.38 Å². The Morgan fingerprint density at radius 3 is 2.76 bits per heavy atom. The predicted molar refractivity (Wildman–Crippen MR) is 67.6 cm³/mol. The summed E-state index contributed by atoms with van der Waals surface area (Å²) in [6.07, 6.45) is 0. The number of thiazole rings is 1. The predicted octanol–water partition coefficient (Wildman–Crippen LogP) is 2.80. The van der Waals surface area contributed by atoms with Gasteiger partial charge in [-0.15, -0.1) is 11.3 Å². The number of aromatic hydroxyl groups is 1. The summed E-state index contributed by atoms with van der Waals surface area (Å²) in [5, 5.41) is 17.0. The number of hydrogen-bond acceptors (Lipinski definition) is 4. The Bertz CT molecular complexity index is 539.